The molecule has 0 amide bonds. The highest BCUT2D eigenvalue weighted by molar-refractivity contribution is 7.89. The Balaban J connectivity index is 1.60. The molecule has 0 saturated heterocycles. The van der Waals surface area contributed by atoms with Crippen LogP contribution in [0.3, 0.4) is 0 Å². The summed E-state index contributed by atoms with van der Waals surface area (Å²) in [5.74, 6) is 0. The van der Waals surface area contributed by atoms with Gasteiger partial charge >= 0.3 is 0 Å². The minimum Gasteiger partial charge on any atom is -0.210 e. The molecule has 3 aromatic rings. The third kappa shape index (κ3) is 3.24. The predicted octanol–water partition coefficient (Wildman–Crippen LogP) is 4.69. The minimum absolute atomic E-state index is 0.0436. The first kappa shape index (κ1) is 16.8. The number of sulfonamides is 1. The normalized spacial score (nSPS) is 17.1. The molecular weight excluding hydrogens is 350 g/mol. The fourth-order valence-corrected chi connectivity index (χ4v) is 5.94. The van der Waals surface area contributed by atoms with Gasteiger partial charge in [-0.1, -0.05) is 49.2 Å². The van der Waals surface area contributed by atoms with Gasteiger partial charge in [-0.3, -0.25) is 0 Å². The summed E-state index contributed by atoms with van der Waals surface area (Å²) in [5, 5.41) is 4.07. The molecule has 0 radical (unpaired) electrons. The number of hydrogen-bond donors (Lipinski definition) is 1. The van der Waals surface area contributed by atoms with Crippen LogP contribution < -0.4 is 4.72 Å². The van der Waals surface area contributed by atoms with Gasteiger partial charge in [-0.15, -0.1) is 11.3 Å². The van der Waals surface area contributed by atoms with Crippen molar-refractivity contribution in [1.82, 2.24) is 4.72 Å². The molecule has 0 unspecified atom stereocenters. The number of fused-ring (bicyclic) bond motifs is 1. The van der Waals surface area contributed by atoms with Crippen LogP contribution in [0.25, 0.3) is 10.8 Å². The van der Waals surface area contributed by atoms with E-state index in [0.29, 0.717) is 11.4 Å². The highest BCUT2D eigenvalue weighted by Gasteiger charge is 2.37. The van der Waals surface area contributed by atoms with E-state index in [1.54, 1.807) is 23.5 Å². The Labute approximate surface area is 152 Å². The van der Waals surface area contributed by atoms with E-state index < -0.39 is 10.0 Å². The van der Waals surface area contributed by atoms with E-state index >= 15 is 0 Å². The Morgan fingerprint density at radius 1 is 0.960 bits per heavy atom. The van der Waals surface area contributed by atoms with Crippen LogP contribution in [-0.2, 0) is 15.4 Å². The second kappa shape index (κ2) is 6.56. The average Bonchev–Trinajstić information content (AvgIpc) is 3.32. The highest BCUT2D eigenvalue weighted by Crippen LogP contribution is 2.42. The first-order valence-corrected chi connectivity index (χ1v) is 11.0. The average molecular weight is 372 g/mol. The summed E-state index contributed by atoms with van der Waals surface area (Å²) in [4.78, 5) is 1.64. The summed E-state index contributed by atoms with van der Waals surface area (Å²) < 4.78 is 28.6. The molecule has 0 bridgehead atoms. The molecule has 1 aliphatic rings. The fraction of sp³-hybridized carbons (Fsp3) is 0.300. The van der Waals surface area contributed by atoms with Crippen LogP contribution in [0.4, 0.5) is 0 Å². The molecule has 4 rings (SSSR count). The lowest BCUT2D eigenvalue weighted by Gasteiger charge is -2.28. The summed E-state index contributed by atoms with van der Waals surface area (Å²) in [6.45, 7) is 0.475. The van der Waals surface area contributed by atoms with Crippen molar-refractivity contribution in [3.05, 3.63) is 64.9 Å². The van der Waals surface area contributed by atoms with E-state index in [-0.39, 0.29) is 5.41 Å². The van der Waals surface area contributed by atoms with E-state index in [9.17, 15) is 8.42 Å². The second-order valence-electron chi connectivity index (χ2n) is 6.80. The van der Waals surface area contributed by atoms with Crippen molar-refractivity contribution in [2.45, 2.75) is 36.0 Å². The maximum atomic E-state index is 12.8. The molecule has 1 N–H and O–H groups in total. The standard InChI is InChI=1S/C20H21NO2S2/c22-25(23,18-10-9-16-6-1-2-7-17(16)14-18)21-15-20(11-3-4-12-20)19-8-5-13-24-19/h1-2,5-10,13-14,21H,3-4,11-12,15H2. The molecular formula is C20H21NO2S2. The van der Waals surface area contributed by atoms with Crippen molar-refractivity contribution < 1.29 is 8.42 Å². The molecule has 130 valence electrons. The van der Waals surface area contributed by atoms with Gasteiger partial charge in [-0.05, 0) is 47.2 Å². The second-order valence-corrected chi connectivity index (χ2v) is 9.51. The zero-order valence-electron chi connectivity index (χ0n) is 13.9. The SMILES string of the molecule is O=S(=O)(NCC1(c2cccs2)CCCC1)c1ccc2ccccc2c1. The summed E-state index contributed by atoms with van der Waals surface area (Å²) in [6.07, 6.45) is 4.42. The molecule has 1 saturated carbocycles. The first-order chi connectivity index (χ1) is 12.1. The lowest BCUT2D eigenvalue weighted by molar-refractivity contribution is 0.440. The molecule has 25 heavy (non-hydrogen) atoms. The van der Waals surface area contributed by atoms with Gasteiger partial charge in [-0.2, -0.15) is 0 Å². The molecule has 1 aromatic heterocycles. The predicted molar refractivity (Wildman–Crippen MR) is 104 cm³/mol. The van der Waals surface area contributed by atoms with Crippen LogP contribution in [0.1, 0.15) is 30.6 Å². The topological polar surface area (TPSA) is 46.2 Å². The number of rotatable bonds is 5. The molecule has 0 spiro atoms. The number of hydrogen-bond acceptors (Lipinski definition) is 3. The Hall–Kier alpha value is -1.69. The maximum Gasteiger partial charge on any atom is 0.240 e. The number of thiophene rings is 1. The Bertz CT molecular complexity index is 972. The summed E-state index contributed by atoms with van der Waals surface area (Å²) >= 11 is 1.73. The number of nitrogens with one attached hydrogen (secondary N) is 1. The minimum atomic E-state index is -3.51. The van der Waals surface area contributed by atoms with Gasteiger partial charge in [0.05, 0.1) is 4.90 Å². The number of benzene rings is 2. The van der Waals surface area contributed by atoms with Gasteiger partial charge in [0.15, 0.2) is 0 Å². The van der Waals surface area contributed by atoms with Crippen molar-refractivity contribution in [2.24, 2.45) is 0 Å². The van der Waals surface area contributed by atoms with E-state index in [0.717, 1.165) is 36.5 Å². The quantitative estimate of drug-likeness (QED) is 0.707. The van der Waals surface area contributed by atoms with Gasteiger partial charge in [0.25, 0.3) is 0 Å². The lowest BCUT2D eigenvalue weighted by Crippen LogP contribution is -2.38. The maximum absolute atomic E-state index is 12.8. The largest absolute Gasteiger partial charge is 0.240 e. The van der Waals surface area contributed by atoms with Gasteiger partial charge < -0.3 is 0 Å². The molecule has 1 fully saturated rings. The molecule has 1 heterocycles. The highest BCUT2D eigenvalue weighted by atomic mass is 32.2. The molecule has 3 nitrogen and oxygen atoms in total. The Kier molecular flexibility index (Phi) is 4.40. The van der Waals surface area contributed by atoms with Crippen molar-refractivity contribution in [3.8, 4) is 0 Å². The fourth-order valence-electron chi connectivity index (χ4n) is 3.79. The molecule has 0 aliphatic heterocycles. The summed E-state index contributed by atoms with van der Waals surface area (Å²) in [6, 6.07) is 17.3. The summed E-state index contributed by atoms with van der Waals surface area (Å²) in [7, 11) is -3.51. The van der Waals surface area contributed by atoms with E-state index in [1.807, 2.05) is 30.3 Å². The van der Waals surface area contributed by atoms with E-state index in [1.165, 1.54) is 4.88 Å². The van der Waals surface area contributed by atoms with E-state index in [4.69, 9.17) is 0 Å². The molecule has 0 atom stereocenters. The van der Waals surface area contributed by atoms with Crippen molar-refractivity contribution in [2.75, 3.05) is 6.54 Å². The van der Waals surface area contributed by atoms with Gasteiger partial charge in [0.2, 0.25) is 10.0 Å². The van der Waals surface area contributed by atoms with E-state index in [2.05, 4.69) is 22.2 Å². The van der Waals surface area contributed by atoms with Crippen LogP contribution in [-0.4, -0.2) is 15.0 Å². The van der Waals surface area contributed by atoms with Crippen molar-refractivity contribution in [1.29, 1.82) is 0 Å². The molecule has 5 heteroatoms. The zero-order valence-corrected chi connectivity index (χ0v) is 15.6. The van der Waals surface area contributed by atoms with Crippen LogP contribution in [0.5, 0.6) is 0 Å². The van der Waals surface area contributed by atoms with Gasteiger partial charge in [0.1, 0.15) is 0 Å². The summed E-state index contributed by atoms with van der Waals surface area (Å²) in [5.41, 5.74) is -0.0436. The van der Waals surface area contributed by atoms with Crippen molar-refractivity contribution in [3.63, 3.8) is 0 Å². The van der Waals surface area contributed by atoms with Gasteiger partial charge in [-0.25, -0.2) is 13.1 Å². The molecule has 1 aliphatic carbocycles. The van der Waals surface area contributed by atoms with Crippen LogP contribution >= 0.6 is 11.3 Å². The first-order valence-electron chi connectivity index (χ1n) is 8.62. The smallest absolute Gasteiger partial charge is 0.210 e. The molecule has 2 aromatic carbocycles. The van der Waals surface area contributed by atoms with Crippen molar-refractivity contribution >= 4 is 32.1 Å². The van der Waals surface area contributed by atoms with Crippen LogP contribution in [0, 0.1) is 0 Å². The van der Waals surface area contributed by atoms with Crippen LogP contribution in [0.15, 0.2) is 64.9 Å². The van der Waals surface area contributed by atoms with Gasteiger partial charge in [0, 0.05) is 16.8 Å². The Morgan fingerprint density at radius 3 is 2.44 bits per heavy atom. The lowest BCUT2D eigenvalue weighted by atomic mass is 9.85. The Morgan fingerprint density at radius 2 is 1.72 bits per heavy atom. The third-order valence-corrected chi connectivity index (χ3v) is 7.75. The zero-order chi connectivity index (χ0) is 17.3. The van der Waals surface area contributed by atoms with Crippen LogP contribution in [0.2, 0.25) is 0 Å². The third-order valence-electron chi connectivity index (χ3n) is 5.24. The monoisotopic (exact) mass is 371 g/mol.